The van der Waals surface area contributed by atoms with Gasteiger partial charge in [0.05, 0.1) is 24.1 Å². The Morgan fingerprint density at radius 1 is 1.48 bits per heavy atom. The molecule has 6 heteroatoms. The highest BCUT2D eigenvalue weighted by Gasteiger charge is 2.16. The Kier molecular flexibility index (Phi) is 4.84. The molecule has 0 saturated carbocycles. The van der Waals surface area contributed by atoms with Crippen molar-refractivity contribution in [2.75, 3.05) is 20.3 Å². The summed E-state index contributed by atoms with van der Waals surface area (Å²) < 4.78 is 6.33. The van der Waals surface area contributed by atoms with Gasteiger partial charge >= 0.3 is 0 Å². The van der Waals surface area contributed by atoms with Crippen molar-refractivity contribution < 1.29 is 9.53 Å². The van der Waals surface area contributed by atoms with Crippen LogP contribution < -0.4 is 10.9 Å². The summed E-state index contributed by atoms with van der Waals surface area (Å²) in [7, 11) is 1.54. The summed E-state index contributed by atoms with van der Waals surface area (Å²) in [5.74, 6) is -0.327. The molecule has 1 N–H and O–H groups in total. The molecule has 0 bridgehead atoms. The third-order valence-electron chi connectivity index (χ3n) is 2.99. The molecule has 0 unspecified atom stereocenters. The van der Waals surface area contributed by atoms with Crippen LogP contribution in [0.3, 0.4) is 0 Å². The number of rotatable bonds is 6. The van der Waals surface area contributed by atoms with Gasteiger partial charge in [0.15, 0.2) is 0 Å². The molecule has 1 amide bonds. The monoisotopic (exact) mass is 287 g/mol. The number of para-hydroxylation sites is 1. The predicted octanol–water partition coefficient (Wildman–Crippen LogP) is 0.959. The lowest BCUT2D eigenvalue weighted by Crippen LogP contribution is -2.34. The Labute approximate surface area is 122 Å². The first kappa shape index (κ1) is 14.9. The summed E-state index contributed by atoms with van der Waals surface area (Å²) >= 11 is 0. The van der Waals surface area contributed by atoms with Gasteiger partial charge in [-0.25, -0.2) is 4.98 Å². The molecule has 0 aliphatic rings. The van der Waals surface area contributed by atoms with Crippen molar-refractivity contribution in [1.82, 2.24) is 14.9 Å². The van der Waals surface area contributed by atoms with E-state index in [1.165, 1.54) is 11.7 Å². The lowest BCUT2D eigenvalue weighted by atomic mass is 10.2. The topological polar surface area (TPSA) is 73.2 Å². The van der Waals surface area contributed by atoms with E-state index in [2.05, 4.69) is 16.9 Å². The van der Waals surface area contributed by atoms with Crippen LogP contribution in [0.1, 0.15) is 10.6 Å². The molecule has 0 atom stereocenters. The second-order valence-electron chi connectivity index (χ2n) is 4.40. The molecular weight excluding hydrogens is 270 g/mol. The van der Waals surface area contributed by atoms with Gasteiger partial charge in [-0.3, -0.25) is 14.2 Å². The van der Waals surface area contributed by atoms with Crippen LogP contribution in [0.15, 0.2) is 41.7 Å². The van der Waals surface area contributed by atoms with Gasteiger partial charge in [-0.15, -0.1) is 6.58 Å². The zero-order valence-electron chi connectivity index (χ0n) is 11.8. The van der Waals surface area contributed by atoms with Crippen LogP contribution in [0.25, 0.3) is 10.9 Å². The van der Waals surface area contributed by atoms with Gasteiger partial charge in [0, 0.05) is 13.7 Å². The van der Waals surface area contributed by atoms with Crippen LogP contribution in [0.4, 0.5) is 0 Å². The van der Waals surface area contributed by atoms with Crippen molar-refractivity contribution in [1.29, 1.82) is 0 Å². The Bertz CT molecular complexity index is 722. The fraction of sp³-hybridized carbons (Fsp3) is 0.267. The molecule has 1 aromatic heterocycles. The van der Waals surface area contributed by atoms with E-state index in [4.69, 9.17) is 4.74 Å². The molecule has 0 radical (unpaired) electrons. The third kappa shape index (κ3) is 3.17. The van der Waals surface area contributed by atoms with Gasteiger partial charge in [0.2, 0.25) is 5.82 Å². The van der Waals surface area contributed by atoms with Crippen LogP contribution in [0.5, 0.6) is 0 Å². The van der Waals surface area contributed by atoms with Gasteiger partial charge in [-0.05, 0) is 12.1 Å². The molecule has 21 heavy (non-hydrogen) atoms. The minimum Gasteiger partial charge on any atom is -0.383 e. The lowest BCUT2D eigenvalue weighted by Gasteiger charge is -2.12. The first-order valence-electron chi connectivity index (χ1n) is 6.56. The summed E-state index contributed by atoms with van der Waals surface area (Å²) in [6.45, 7) is 4.44. The maximum Gasteiger partial charge on any atom is 0.287 e. The minimum absolute atomic E-state index is 0.0811. The van der Waals surface area contributed by atoms with Crippen LogP contribution in [0.2, 0.25) is 0 Å². The lowest BCUT2D eigenvalue weighted by molar-refractivity contribution is 0.0938. The Morgan fingerprint density at radius 3 is 2.95 bits per heavy atom. The molecule has 0 spiro atoms. The average molecular weight is 287 g/mol. The Hall–Kier alpha value is -2.47. The highest BCUT2D eigenvalue weighted by Crippen LogP contribution is 2.08. The molecule has 6 nitrogen and oxygen atoms in total. The molecule has 0 saturated heterocycles. The fourth-order valence-electron chi connectivity index (χ4n) is 1.98. The van der Waals surface area contributed by atoms with Gasteiger partial charge in [0.25, 0.3) is 11.5 Å². The molecule has 110 valence electrons. The van der Waals surface area contributed by atoms with E-state index in [9.17, 15) is 9.59 Å². The molecule has 0 fully saturated rings. The van der Waals surface area contributed by atoms with Gasteiger partial charge in [-0.1, -0.05) is 18.2 Å². The quantitative estimate of drug-likeness (QED) is 0.803. The number of carbonyl (C=O) groups is 1. The first-order chi connectivity index (χ1) is 10.2. The van der Waals surface area contributed by atoms with E-state index in [-0.39, 0.29) is 17.9 Å². The van der Waals surface area contributed by atoms with Gasteiger partial charge in [-0.2, -0.15) is 0 Å². The van der Waals surface area contributed by atoms with Gasteiger partial charge < -0.3 is 10.1 Å². The zero-order valence-corrected chi connectivity index (χ0v) is 11.8. The van der Waals surface area contributed by atoms with Crippen LogP contribution in [-0.4, -0.2) is 35.7 Å². The Morgan fingerprint density at radius 2 is 2.24 bits per heavy atom. The summed E-state index contributed by atoms with van der Waals surface area (Å²) in [6, 6.07) is 6.95. The van der Waals surface area contributed by atoms with Gasteiger partial charge in [0.1, 0.15) is 0 Å². The van der Waals surface area contributed by atoms with E-state index < -0.39 is 5.91 Å². The first-order valence-corrected chi connectivity index (χ1v) is 6.56. The summed E-state index contributed by atoms with van der Waals surface area (Å²) in [5, 5.41) is 3.12. The van der Waals surface area contributed by atoms with Crippen molar-refractivity contribution in [3.63, 3.8) is 0 Å². The number of aromatic nitrogens is 2. The normalized spacial score (nSPS) is 10.5. The number of nitrogens with one attached hydrogen (secondary N) is 1. The molecule has 1 heterocycles. The highest BCUT2D eigenvalue weighted by molar-refractivity contribution is 5.93. The third-order valence-corrected chi connectivity index (χ3v) is 2.99. The number of amides is 1. The van der Waals surface area contributed by atoms with Crippen molar-refractivity contribution in [2.24, 2.45) is 0 Å². The highest BCUT2D eigenvalue weighted by atomic mass is 16.5. The van der Waals surface area contributed by atoms with E-state index in [0.29, 0.717) is 24.1 Å². The van der Waals surface area contributed by atoms with E-state index in [0.717, 1.165) is 0 Å². The number of hydrogen-bond donors (Lipinski definition) is 1. The van der Waals surface area contributed by atoms with Crippen LogP contribution >= 0.6 is 0 Å². The van der Waals surface area contributed by atoms with Crippen LogP contribution in [-0.2, 0) is 11.3 Å². The van der Waals surface area contributed by atoms with Crippen molar-refractivity contribution in [3.8, 4) is 0 Å². The number of carbonyl (C=O) groups excluding carboxylic acids is 1. The smallest absolute Gasteiger partial charge is 0.287 e. The second kappa shape index (κ2) is 6.81. The molecule has 2 rings (SSSR count). The van der Waals surface area contributed by atoms with E-state index >= 15 is 0 Å². The molecular formula is C15H17N3O3. The largest absolute Gasteiger partial charge is 0.383 e. The van der Waals surface area contributed by atoms with Crippen LogP contribution in [0, 0.1) is 0 Å². The molecule has 1 aromatic carbocycles. The summed E-state index contributed by atoms with van der Waals surface area (Å²) in [6.07, 6.45) is 1.57. The number of benzene rings is 1. The summed E-state index contributed by atoms with van der Waals surface area (Å²) in [4.78, 5) is 29.0. The number of hydrogen-bond acceptors (Lipinski definition) is 4. The molecule has 0 aliphatic carbocycles. The van der Waals surface area contributed by atoms with Crippen molar-refractivity contribution >= 4 is 16.8 Å². The zero-order chi connectivity index (χ0) is 15.2. The van der Waals surface area contributed by atoms with E-state index in [1.807, 2.05) is 0 Å². The number of fused-ring (bicyclic) bond motifs is 1. The average Bonchev–Trinajstić information content (AvgIpc) is 2.51. The van der Waals surface area contributed by atoms with E-state index in [1.54, 1.807) is 30.3 Å². The van der Waals surface area contributed by atoms with Crippen molar-refractivity contribution in [3.05, 3.63) is 53.1 Å². The molecule has 2 aromatic rings. The fourth-order valence-corrected chi connectivity index (χ4v) is 1.98. The number of ether oxygens (including phenoxy) is 1. The maximum absolute atomic E-state index is 12.5. The Balaban J connectivity index is 2.57. The number of methoxy groups -OCH3 is 1. The standard InChI is InChI=1S/C15H17N3O3/c1-3-8-16-14(19)13-17-12-7-5-4-6-11(12)15(20)18(13)9-10-21-2/h3-7H,1,8-10H2,2H3,(H,16,19). The second-order valence-corrected chi connectivity index (χ2v) is 4.40. The summed E-state index contributed by atoms with van der Waals surface area (Å²) in [5.41, 5.74) is 0.251. The predicted molar refractivity (Wildman–Crippen MR) is 80.4 cm³/mol. The maximum atomic E-state index is 12.5. The minimum atomic E-state index is -0.408. The number of nitrogens with zero attached hydrogens (tertiary/aromatic N) is 2. The SMILES string of the molecule is C=CCNC(=O)c1nc2ccccc2c(=O)n1CCOC. The van der Waals surface area contributed by atoms with Crippen molar-refractivity contribution in [2.45, 2.75) is 6.54 Å². The molecule has 0 aliphatic heterocycles.